The van der Waals surface area contributed by atoms with E-state index >= 15 is 0 Å². The summed E-state index contributed by atoms with van der Waals surface area (Å²) in [5.74, 6) is 1.61. The number of hydrogen-bond acceptors (Lipinski definition) is 5. The van der Waals surface area contributed by atoms with Crippen molar-refractivity contribution in [2.24, 2.45) is 17.6 Å². The lowest BCUT2D eigenvalue weighted by Gasteiger charge is -2.18. The second-order valence-corrected chi connectivity index (χ2v) is 6.12. The number of nitrogens with zero attached hydrogens (tertiary/aromatic N) is 2. The summed E-state index contributed by atoms with van der Waals surface area (Å²) in [7, 11) is 1.45. The lowest BCUT2D eigenvalue weighted by molar-refractivity contribution is -0.385. The molecule has 2 N–H and O–H groups in total. The maximum Gasteiger partial charge on any atom is 0.311 e. The molecule has 0 bridgehead atoms. The van der Waals surface area contributed by atoms with E-state index in [2.05, 4.69) is 4.90 Å². The van der Waals surface area contributed by atoms with Gasteiger partial charge in [0, 0.05) is 31.7 Å². The van der Waals surface area contributed by atoms with Gasteiger partial charge < -0.3 is 10.5 Å². The van der Waals surface area contributed by atoms with Gasteiger partial charge in [-0.1, -0.05) is 6.07 Å². The van der Waals surface area contributed by atoms with E-state index in [0.717, 1.165) is 31.6 Å². The fourth-order valence-electron chi connectivity index (χ4n) is 3.76. The molecule has 1 aliphatic carbocycles. The molecule has 6 nitrogen and oxygen atoms in total. The number of nitro groups is 1. The van der Waals surface area contributed by atoms with Crippen LogP contribution in [-0.4, -0.2) is 36.1 Å². The Hall–Kier alpha value is -1.37. The van der Waals surface area contributed by atoms with Crippen molar-refractivity contribution in [3.63, 3.8) is 0 Å². The number of likely N-dealkylation sites (tertiary alicyclic amines) is 1. The predicted molar refractivity (Wildman–Crippen MR) is 86.4 cm³/mol. The highest BCUT2D eigenvalue weighted by atomic mass is 35.5. The molecule has 1 saturated heterocycles. The first-order valence-corrected chi connectivity index (χ1v) is 7.37. The zero-order chi connectivity index (χ0) is 15.0. The van der Waals surface area contributed by atoms with Gasteiger partial charge in [-0.2, -0.15) is 0 Å². The molecule has 2 fully saturated rings. The minimum Gasteiger partial charge on any atom is -0.490 e. The van der Waals surface area contributed by atoms with Gasteiger partial charge in [0.25, 0.3) is 0 Å². The SMILES string of the molecule is COc1ccc(CN2CC3CCC(N)C3C2)cc1[N+](=O)[O-].Cl. The average molecular weight is 328 g/mol. The van der Waals surface area contributed by atoms with Crippen molar-refractivity contribution in [1.29, 1.82) is 0 Å². The van der Waals surface area contributed by atoms with E-state index in [-0.39, 0.29) is 18.1 Å². The fourth-order valence-corrected chi connectivity index (χ4v) is 3.76. The summed E-state index contributed by atoms with van der Waals surface area (Å²) >= 11 is 0. The fraction of sp³-hybridized carbons (Fsp3) is 0.600. The van der Waals surface area contributed by atoms with Crippen LogP contribution in [0.3, 0.4) is 0 Å². The number of rotatable bonds is 4. The third-order valence-electron chi connectivity index (χ3n) is 4.83. The standard InChI is InChI=1S/C15H21N3O3.ClH/c1-21-15-5-2-10(6-14(15)18(19)20)7-17-8-11-3-4-13(16)12(11)9-17;/h2,5-6,11-13H,3-4,7-9,16H2,1H3;1H. The minimum atomic E-state index is -0.392. The summed E-state index contributed by atoms with van der Waals surface area (Å²) in [6, 6.07) is 5.52. The van der Waals surface area contributed by atoms with Gasteiger partial charge in [0.1, 0.15) is 0 Å². The molecule has 22 heavy (non-hydrogen) atoms. The number of halogens is 1. The molecule has 0 amide bonds. The topological polar surface area (TPSA) is 81.6 Å². The molecule has 0 aromatic heterocycles. The Kier molecular flexibility index (Phi) is 5.26. The summed E-state index contributed by atoms with van der Waals surface area (Å²) in [6.07, 6.45) is 2.35. The monoisotopic (exact) mass is 327 g/mol. The van der Waals surface area contributed by atoms with Gasteiger partial charge in [-0.15, -0.1) is 12.4 Å². The Labute approximate surface area is 136 Å². The van der Waals surface area contributed by atoms with Crippen LogP contribution in [-0.2, 0) is 6.54 Å². The second-order valence-electron chi connectivity index (χ2n) is 6.12. The molecule has 7 heteroatoms. The molecule has 3 unspecified atom stereocenters. The number of nitrogens with two attached hydrogens (primary N) is 1. The van der Waals surface area contributed by atoms with E-state index in [4.69, 9.17) is 10.5 Å². The first kappa shape index (κ1) is 17.0. The zero-order valence-electron chi connectivity index (χ0n) is 12.6. The van der Waals surface area contributed by atoms with Crippen LogP contribution in [0.5, 0.6) is 5.75 Å². The molecule has 0 radical (unpaired) electrons. The Balaban J connectivity index is 0.00000176. The van der Waals surface area contributed by atoms with Gasteiger partial charge in [0.15, 0.2) is 5.75 Å². The van der Waals surface area contributed by atoms with Gasteiger partial charge in [-0.05, 0) is 36.3 Å². The summed E-state index contributed by atoms with van der Waals surface area (Å²) in [6.45, 7) is 2.80. The van der Waals surface area contributed by atoms with Crippen molar-refractivity contribution in [3.05, 3.63) is 33.9 Å². The lowest BCUT2D eigenvalue weighted by atomic mass is 9.98. The van der Waals surface area contributed by atoms with Crippen LogP contribution in [0.1, 0.15) is 18.4 Å². The number of fused-ring (bicyclic) bond motifs is 1. The molecule has 3 rings (SSSR count). The zero-order valence-corrected chi connectivity index (χ0v) is 13.4. The van der Waals surface area contributed by atoms with Crippen LogP contribution >= 0.6 is 12.4 Å². The lowest BCUT2D eigenvalue weighted by Crippen LogP contribution is -2.30. The van der Waals surface area contributed by atoms with Crippen LogP contribution in [0.2, 0.25) is 0 Å². The molecule has 1 aliphatic heterocycles. The first-order chi connectivity index (χ1) is 10.1. The first-order valence-electron chi connectivity index (χ1n) is 7.37. The van der Waals surface area contributed by atoms with Gasteiger partial charge in [0.05, 0.1) is 12.0 Å². The van der Waals surface area contributed by atoms with Gasteiger partial charge in [-0.3, -0.25) is 15.0 Å². The minimum absolute atomic E-state index is 0. The van der Waals surface area contributed by atoms with Crippen molar-refractivity contribution >= 4 is 18.1 Å². The maximum absolute atomic E-state index is 11.1. The van der Waals surface area contributed by atoms with E-state index in [9.17, 15) is 10.1 Å². The Morgan fingerprint density at radius 3 is 2.82 bits per heavy atom. The molecule has 1 aromatic rings. The number of methoxy groups -OCH3 is 1. The smallest absolute Gasteiger partial charge is 0.311 e. The third kappa shape index (κ3) is 3.19. The van der Waals surface area contributed by atoms with Crippen LogP contribution in [0.25, 0.3) is 0 Å². The third-order valence-corrected chi connectivity index (χ3v) is 4.83. The molecule has 2 aliphatic rings. The van der Waals surface area contributed by atoms with E-state index in [1.54, 1.807) is 12.1 Å². The Morgan fingerprint density at radius 2 is 2.18 bits per heavy atom. The molecule has 1 heterocycles. The van der Waals surface area contributed by atoms with E-state index < -0.39 is 4.92 Å². The molecular formula is C15H22ClN3O3. The van der Waals surface area contributed by atoms with E-state index in [1.165, 1.54) is 13.5 Å². The van der Waals surface area contributed by atoms with E-state index in [1.807, 2.05) is 6.07 Å². The summed E-state index contributed by atoms with van der Waals surface area (Å²) < 4.78 is 5.03. The predicted octanol–water partition coefficient (Wildman–Crippen LogP) is 2.19. The van der Waals surface area contributed by atoms with Crippen LogP contribution < -0.4 is 10.5 Å². The normalized spacial score (nSPS) is 27.3. The molecular weight excluding hydrogens is 306 g/mol. The number of hydrogen-bond donors (Lipinski definition) is 1. The largest absolute Gasteiger partial charge is 0.490 e. The van der Waals surface area contributed by atoms with Crippen LogP contribution in [0, 0.1) is 22.0 Å². The Morgan fingerprint density at radius 1 is 1.41 bits per heavy atom. The summed E-state index contributed by atoms with van der Waals surface area (Å²) in [4.78, 5) is 13.0. The van der Waals surface area contributed by atoms with Gasteiger partial charge in [-0.25, -0.2) is 0 Å². The highest BCUT2D eigenvalue weighted by molar-refractivity contribution is 5.85. The average Bonchev–Trinajstić information content (AvgIpc) is 3.01. The van der Waals surface area contributed by atoms with Crippen LogP contribution in [0.15, 0.2) is 18.2 Å². The van der Waals surface area contributed by atoms with Gasteiger partial charge >= 0.3 is 5.69 Å². The van der Waals surface area contributed by atoms with Crippen molar-refractivity contribution in [2.75, 3.05) is 20.2 Å². The molecule has 1 saturated carbocycles. The maximum atomic E-state index is 11.1. The Bertz CT molecular complexity index is 555. The molecule has 1 aromatic carbocycles. The second kappa shape index (κ2) is 6.81. The number of benzene rings is 1. The molecule has 3 atom stereocenters. The van der Waals surface area contributed by atoms with Gasteiger partial charge in [0.2, 0.25) is 0 Å². The summed E-state index contributed by atoms with van der Waals surface area (Å²) in [5, 5.41) is 11.1. The molecule has 0 spiro atoms. The van der Waals surface area contributed by atoms with Crippen molar-refractivity contribution in [1.82, 2.24) is 4.90 Å². The summed E-state index contributed by atoms with van der Waals surface area (Å²) in [5.41, 5.74) is 7.13. The van der Waals surface area contributed by atoms with Crippen molar-refractivity contribution < 1.29 is 9.66 Å². The van der Waals surface area contributed by atoms with Crippen LogP contribution in [0.4, 0.5) is 5.69 Å². The van der Waals surface area contributed by atoms with Crippen molar-refractivity contribution in [2.45, 2.75) is 25.4 Å². The van der Waals surface area contributed by atoms with E-state index in [0.29, 0.717) is 23.6 Å². The number of ether oxygens (including phenoxy) is 1. The highest BCUT2D eigenvalue weighted by Gasteiger charge is 2.40. The highest BCUT2D eigenvalue weighted by Crippen LogP contribution is 2.38. The quantitative estimate of drug-likeness (QED) is 0.677. The molecule has 122 valence electrons. The van der Waals surface area contributed by atoms with Crippen molar-refractivity contribution in [3.8, 4) is 5.75 Å². The number of nitro benzene ring substituents is 1.